The predicted octanol–water partition coefficient (Wildman–Crippen LogP) is 2.85. The number of fused-ring (bicyclic) bond motifs is 9. The number of esters is 1. The number of carbonyl (C=O) groups is 3. The van der Waals surface area contributed by atoms with Crippen molar-refractivity contribution in [2.75, 3.05) is 13.7 Å². The molecule has 2 saturated carbocycles. The number of hydrogen-bond acceptors (Lipinski definition) is 7. The van der Waals surface area contributed by atoms with Gasteiger partial charge in [-0.15, -0.1) is 11.8 Å². The SMILES string of the molecule is COC(=O)CN1C(=O)C2C3CC(C2C1=O)C1C(c2cccc(Br)c2)c2sc(=O)[nH]c2SC31. The van der Waals surface area contributed by atoms with Crippen LogP contribution in [-0.4, -0.2) is 46.6 Å². The van der Waals surface area contributed by atoms with Gasteiger partial charge in [0.2, 0.25) is 11.8 Å². The first kappa shape index (κ1) is 20.7. The third-order valence-electron chi connectivity index (χ3n) is 7.54. The molecule has 7 nitrogen and oxygen atoms in total. The Bertz CT molecular complexity index is 1220. The molecule has 2 aliphatic heterocycles. The van der Waals surface area contributed by atoms with E-state index in [1.807, 2.05) is 12.1 Å². The topological polar surface area (TPSA) is 96.5 Å². The van der Waals surface area contributed by atoms with Crippen LogP contribution in [0.1, 0.15) is 22.8 Å². The van der Waals surface area contributed by atoms with E-state index in [1.54, 1.807) is 11.8 Å². The number of nitrogens with zero attached hydrogens (tertiary/aromatic N) is 1. The Morgan fingerprint density at radius 3 is 2.69 bits per heavy atom. The standard InChI is InChI=1S/C22H19BrN2O5S2/c1-30-12(26)7-25-20(27)15-10-6-11(16(15)21(25)28)17-14(10)13(8-3-2-4-9(23)5-8)18-19(31-17)24-22(29)32-18/h2-5,10-11,13-17H,6-7H2,1H3,(H,24,29). The number of carbonyl (C=O) groups excluding carboxylic acids is 3. The lowest BCUT2D eigenvalue weighted by atomic mass is 9.68. The quantitative estimate of drug-likeness (QED) is 0.480. The second kappa shape index (κ2) is 7.30. The van der Waals surface area contributed by atoms with Crippen molar-refractivity contribution in [3.8, 4) is 0 Å². The number of nitrogens with one attached hydrogen (secondary N) is 1. The van der Waals surface area contributed by atoms with Gasteiger partial charge >= 0.3 is 10.8 Å². The minimum absolute atomic E-state index is 0.00814. The lowest BCUT2D eigenvalue weighted by Crippen LogP contribution is -2.42. The van der Waals surface area contributed by atoms with Gasteiger partial charge < -0.3 is 9.72 Å². The second-order valence-electron chi connectivity index (χ2n) is 8.85. The molecule has 3 fully saturated rings. The largest absolute Gasteiger partial charge is 0.468 e. The molecule has 32 heavy (non-hydrogen) atoms. The normalized spacial score (nSPS) is 34.4. The van der Waals surface area contributed by atoms with Crippen LogP contribution >= 0.6 is 39.0 Å². The van der Waals surface area contributed by atoms with Crippen molar-refractivity contribution >= 4 is 56.8 Å². The summed E-state index contributed by atoms with van der Waals surface area (Å²) in [5.41, 5.74) is 1.11. The van der Waals surface area contributed by atoms with Gasteiger partial charge in [-0.25, -0.2) is 0 Å². The minimum atomic E-state index is -0.586. The van der Waals surface area contributed by atoms with Crippen molar-refractivity contribution in [3.63, 3.8) is 0 Å². The first-order valence-corrected chi connectivity index (χ1v) is 12.9. The highest BCUT2D eigenvalue weighted by atomic mass is 79.9. The summed E-state index contributed by atoms with van der Waals surface area (Å²) in [4.78, 5) is 55.6. The third-order valence-corrected chi connectivity index (χ3v) is 10.6. The van der Waals surface area contributed by atoms with E-state index in [9.17, 15) is 19.2 Å². The molecule has 1 saturated heterocycles. The van der Waals surface area contributed by atoms with Gasteiger partial charge in [-0.1, -0.05) is 39.4 Å². The average Bonchev–Trinajstić information content (AvgIpc) is 3.49. The van der Waals surface area contributed by atoms with Gasteiger partial charge in [-0.05, 0) is 41.9 Å². The maximum Gasteiger partial charge on any atom is 0.325 e. The summed E-state index contributed by atoms with van der Waals surface area (Å²) >= 11 is 6.47. The number of H-pyrrole nitrogens is 1. The van der Waals surface area contributed by atoms with Crippen LogP contribution < -0.4 is 4.87 Å². The van der Waals surface area contributed by atoms with E-state index in [4.69, 9.17) is 4.74 Å². The van der Waals surface area contributed by atoms with E-state index in [2.05, 4.69) is 33.0 Å². The fraction of sp³-hybridized carbons (Fsp3) is 0.455. The molecule has 2 bridgehead atoms. The highest BCUT2D eigenvalue weighted by Gasteiger charge is 2.69. The van der Waals surface area contributed by atoms with Crippen LogP contribution in [0.2, 0.25) is 0 Å². The number of rotatable bonds is 3. The van der Waals surface area contributed by atoms with Crippen molar-refractivity contribution in [1.82, 2.24) is 9.88 Å². The molecule has 7 unspecified atom stereocenters. The highest BCUT2D eigenvalue weighted by molar-refractivity contribution is 9.10. The number of likely N-dealkylation sites (tertiary alicyclic amines) is 1. The van der Waals surface area contributed by atoms with E-state index in [1.165, 1.54) is 18.4 Å². The number of methoxy groups -OCH3 is 1. The number of thiazole rings is 1. The summed E-state index contributed by atoms with van der Waals surface area (Å²) in [6, 6.07) is 8.12. The summed E-state index contributed by atoms with van der Waals surface area (Å²) in [5.74, 6) is -1.64. The predicted molar refractivity (Wildman–Crippen MR) is 121 cm³/mol. The first-order chi connectivity index (χ1) is 15.4. The molecule has 1 aromatic carbocycles. The summed E-state index contributed by atoms with van der Waals surface area (Å²) in [6.45, 7) is -0.321. The van der Waals surface area contributed by atoms with Crippen molar-refractivity contribution in [1.29, 1.82) is 0 Å². The Hall–Kier alpha value is -1.91. The van der Waals surface area contributed by atoms with Gasteiger partial charge in [0.25, 0.3) is 0 Å². The molecule has 1 aromatic heterocycles. The van der Waals surface area contributed by atoms with Crippen LogP contribution in [0.15, 0.2) is 38.6 Å². The van der Waals surface area contributed by atoms with Gasteiger partial charge in [0, 0.05) is 20.5 Å². The minimum Gasteiger partial charge on any atom is -0.468 e. The highest BCUT2D eigenvalue weighted by Crippen LogP contribution is 2.68. The second-order valence-corrected chi connectivity index (χ2v) is 12.0. The maximum absolute atomic E-state index is 13.3. The zero-order valence-corrected chi connectivity index (χ0v) is 20.2. The molecule has 6 rings (SSSR count). The number of aromatic nitrogens is 1. The first-order valence-electron chi connectivity index (χ1n) is 10.5. The maximum atomic E-state index is 13.3. The Labute approximate surface area is 200 Å². The molecular formula is C22H19BrN2O5S2. The zero-order valence-electron chi connectivity index (χ0n) is 16.9. The van der Waals surface area contributed by atoms with Crippen molar-refractivity contribution in [2.45, 2.75) is 22.6 Å². The molecule has 2 aliphatic carbocycles. The zero-order chi connectivity index (χ0) is 22.3. The van der Waals surface area contributed by atoms with Crippen molar-refractivity contribution < 1.29 is 19.1 Å². The third kappa shape index (κ3) is 2.78. The van der Waals surface area contributed by atoms with E-state index >= 15 is 0 Å². The van der Waals surface area contributed by atoms with E-state index in [0.29, 0.717) is 0 Å². The number of benzene rings is 1. The van der Waals surface area contributed by atoms with Crippen LogP contribution in [-0.2, 0) is 19.1 Å². The van der Waals surface area contributed by atoms with Crippen molar-refractivity contribution in [2.24, 2.45) is 29.6 Å². The summed E-state index contributed by atoms with van der Waals surface area (Å²) in [6.07, 6.45) is 0.824. The van der Waals surface area contributed by atoms with Crippen LogP contribution in [0.4, 0.5) is 0 Å². The average molecular weight is 535 g/mol. The van der Waals surface area contributed by atoms with Gasteiger partial charge in [0.1, 0.15) is 6.54 Å². The number of ether oxygens (including phenoxy) is 1. The summed E-state index contributed by atoms with van der Waals surface area (Å²) < 4.78 is 5.66. The lowest BCUT2D eigenvalue weighted by molar-refractivity contribution is -0.151. The number of amides is 2. The lowest BCUT2D eigenvalue weighted by Gasteiger charge is -2.43. The van der Waals surface area contributed by atoms with E-state index in [-0.39, 0.29) is 58.1 Å². The molecular weight excluding hydrogens is 516 g/mol. The Morgan fingerprint density at radius 1 is 1.22 bits per heavy atom. The van der Waals surface area contributed by atoms with Crippen LogP contribution in [0.3, 0.4) is 0 Å². The van der Waals surface area contributed by atoms with Crippen LogP contribution in [0, 0.1) is 29.6 Å². The summed E-state index contributed by atoms with van der Waals surface area (Å²) in [7, 11) is 1.25. The molecule has 166 valence electrons. The Morgan fingerprint density at radius 2 is 1.97 bits per heavy atom. The molecule has 0 radical (unpaired) electrons. The fourth-order valence-electron chi connectivity index (χ4n) is 6.50. The molecule has 2 aromatic rings. The smallest absolute Gasteiger partial charge is 0.325 e. The van der Waals surface area contributed by atoms with Gasteiger partial charge in [-0.3, -0.25) is 24.1 Å². The monoisotopic (exact) mass is 534 g/mol. The Balaban J connectivity index is 1.43. The molecule has 1 N–H and O–H groups in total. The van der Waals surface area contributed by atoms with Gasteiger partial charge in [-0.2, -0.15) is 0 Å². The fourth-order valence-corrected chi connectivity index (χ4v) is 9.81. The molecule has 0 spiro atoms. The van der Waals surface area contributed by atoms with E-state index < -0.39 is 11.9 Å². The van der Waals surface area contributed by atoms with Crippen LogP contribution in [0.5, 0.6) is 0 Å². The van der Waals surface area contributed by atoms with Crippen molar-refractivity contribution in [3.05, 3.63) is 48.8 Å². The Kier molecular flexibility index (Phi) is 4.71. The number of thioether (sulfide) groups is 1. The van der Waals surface area contributed by atoms with E-state index in [0.717, 1.165) is 31.3 Å². The number of halogens is 1. The van der Waals surface area contributed by atoms with Gasteiger partial charge in [0.15, 0.2) is 0 Å². The molecule has 2 amide bonds. The number of aromatic amines is 1. The van der Waals surface area contributed by atoms with Gasteiger partial charge in [0.05, 0.1) is 24.0 Å². The summed E-state index contributed by atoms with van der Waals surface area (Å²) in [5, 5.41) is 1.02. The van der Waals surface area contributed by atoms with Crippen LogP contribution in [0.25, 0.3) is 0 Å². The number of imide groups is 1. The molecule has 10 heteroatoms. The molecule has 7 atom stereocenters. The number of hydrogen-bond donors (Lipinski definition) is 1. The molecule has 3 heterocycles. The molecule has 4 aliphatic rings.